The number of carboxylic acids is 1. The molecule has 1 N–H and O–H groups in total. The number of carboxylic acid groups (broad SMARTS) is 1. The van der Waals surface area contributed by atoms with E-state index in [9.17, 15) is 9.90 Å². The van der Waals surface area contributed by atoms with Crippen LogP contribution in [0.25, 0.3) is 16.8 Å². The van der Waals surface area contributed by atoms with Gasteiger partial charge in [0.1, 0.15) is 0 Å². The Kier molecular flexibility index (Phi) is 4.94. The quantitative estimate of drug-likeness (QED) is 0.819. The summed E-state index contributed by atoms with van der Waals surface area (Å²) in [4.78, 5) is 15.9. The van der Waals surface area contributed by atoms with Crippen LogP contribution in [0.5, 0.6) is 0 Å². The predicted octanol–water partition coefficient (Wildman–Crippen LogP) is 5.37. The molecule has 25 heavy (non-hydrogen) atoms. The first-order valence-corrected chi connectivity index (χ1v) is 8.43. The van der Waals surface area contributed by atoms with Crippen molar-refractivity contribution < 1.29 is 9.90 Å². The van der Waals surface area contributed by atoms with E-state index in [0.29, 0.717) is 5.92 Å². The molecule has 0 atom stereocenters. The third-order valence-corrected chi connectivity index (χ3v) is 4.28. The number of benzene rings is 1. The van der Waals surface area contributed by atoms with E-state index in [4.69, 9.17) is 4.98 Å². The summed E-state index contributed by atoms with van der Waals surface area (Å²) in [5, 5.41) is 9.17. The highest BCUT2D eigenvalue weighted by molar-refractivity contribution is 5.89. The second-order valence-electron chi connectivity index (χ2n) is 6.41. The molecule has 2 aromatic rings. The Morgan fingerprint density at radius 3 is 2.60 bits per heavy atom. The van der Waals surface area contributed by atoms with Crippen LogP contribution in [0.3, 0.4) is 0 Å². The minimum atomic E-state index is -0.930. The number of aromatic carboxylic acids is 1. The van der Waals surface area contributed by atoms with Crippen LogP contribution in [0.1, 0.15) is 36.3 Å². The van der Waals surface area contributed by atoms with Crippen molar-refractivity contribution in [2.45, 2.75) is 20.3 Å². The molecular formula is C22H21NO2. The fraction of sp³-hybridized carbons (Fsp3) is 0.182. The van der Waals surface area contributed by atoms with Crippen LogP contribution in [0.15, 0.2) is 72.3 Å². The second-order valence-corrected chi connectivity index (χ2v) is 6.41. The summed E-state index contributed by atoms with van der Waals surface area (Å²) < 4.78 is 0. The molecule has 126 valence electrons. The lowest BCUT2D eigenvalue weighted by atomic mass is 10.0. The van der Waals surface area contributed by atoms with Crippen LogP contribution in [0.4, 0.5) is 0 Å². The van der Waals surface area contributed by atoms with Crippen LogP contribution < -0.4 is 0 Å². The standard InChI is InChI=1S/C22H21NO2/c1-15(2)16-6-3-7-17(13-12-16)20-10-5-11-21(23-20)18-8-4-9-19(14-18)22(24)25/h3-6,8-15H,7H2,1-2H3,(H,24,25). The zero-order valence-electron chi connectivity index (χ0n) is 14.4. The number of nitrogens with zero attached hydrogens (tertiary/aromatic N) is 1. The SMILES string of the molecule is CC(C)C1=CC=C(c2cccc(-c3cccc(C(=O)O)c3)n2)CC=C1. The first kappa shape index (κ1) is 16.9. The highest BCUT2D eigenvalue weighted by Crippen LogP contribution is 2.26. The minimum absolute atomic E-state index is 0.269. The van der Waals surface area contributed by atoms with Gasteiger partial charge in [-0.25, -0.2) is 9.78 Å². The Hall–Kier alpha value is -2.94. The lowest BCUT2D eigenvalue weighted by Gasteiger charge is -2.07. The first-order valence-electron chi connectivity index (χ1n) is 8.43. The highest BCUT2D eigenvalue weighted by atomic mass is 16.4. The molecule has 0 spiro atoms. The summed E-state index contributed by atoms with van der Waals surface area (Å²) in [5.41, 5.74) is 5.24. The van der Waals surface area contributed by atoms with E-state index in [2.05, 4.69) is 38.2 Å². The average molecular weight is 331 g/mol. The van der Waals surface area contributed by atoms with Gasteiger partial charge in [-0.05, 0) is 47.8 Å². The van der Waals surface area contributed by atoms with Gasteiger partial charge in [0.05, 0.1) is 17.0 Å². The number of hydrogen-bond acceptors (Lipinski definition) is 2. The Labute approximate surface area is 148 Å². The van der Waals surface area contributed by atoms with Gasteiger partial charge in [-0.1, -0.05) is 56.4 Å². The molecule has 3 rings (SSSR count). The molecule has 0 saturated heterocycles. The normalized spacial score (nSPS) is 14.0. The molecule has 1 heterocycles. The van der Waals surface area contributed by atoms with Crippen LogP contribution in [-0.4, -0.2) is 16.1 Å². The fourth-order valence-corrected chi connectivity index (χ4v) is 2.80. The molecule has 0 amide bonds. The van der Waals surface area contributed by atoms with Crippen LogP contribution in [0.2, 0.25) is 0 Å². The Morgan fingerprint density at radius 1 is 1.08 bits per heavy atom. The lowest BCUT2D eigenvalue weighted by molar-refractivity contribution is 0.0697. The number of hydrogen-bond donors (Lipinski definition) is 1. The summed E-state index contributed by atoms with van der Waals surface area (Å²) in [7, 11) is 0. The van der Waals surface area contributed by atoms with Crippen molar-refractivity contribution in [3.8, 4) is 11.3 Å². The smallest absolute Gasteiger partial charge is 0.335 e. The number of carbonyl (C=O) groups is 1. The molecule has 1 aliphatic rings. The largest absolute Gasteiger partial charge is 0.478 e. The monoisotopic (exact) mass is 331 g/mol. The van der Waals surface area contributed by atoms with Gasteiger partial charge in [0.2, 0.25) is 0 Å². The molecular weight excluding hydrogens is 310 g/mol. The van der Waals surface area contributed by atoms with Gasteiger partial charge in [0.15, 0.2) is 0 Å². The van der Waals surface area contributed by atoms with Crippen molar-refractivity contribution in [1.82, 2.24) is 4.98 Å². The molecule has 0 unspecified atom stereocenters. The maximum absolute atomic E-state index is 11.2. The lowest BCUT2D eigenvalue weighted by Crippen LogP contribution is -1.97. The van der Waals surface area contributed by atoms with Crippen molar-refractivity contribution >= 4 is 11.5 Å². The summed E-state index contributed by atoms with van der Waals surface area (Å²) in [6.07, 6.45) is 9.47. The zero-order chi connectivity index (χ0) is 17.8. The van der Waals surface area contributed by atoms with Crippen LogP contribution in [0, 0.1) is 5.92 Å². The minimum Gasteiger partial charge on any atom is -0.478 e. The van der Waals surface area contributed by atoms with Gasteiger partial charge in [-0.15, -0.1) is 0 Å². The molecule has 0 bridgehead atoms. The van der Waals surface area contributed by atoms with E-state index in [1.165, 1.54) is 5.57 Å². The van der Waals surface area contributed by atoms with Gasteiger partial charge < -0.3 is 5.11 Å². The van der Waals surface area contributed by atoms with Gasteiger partial charge in [0, 0.05) is 5.56 Å². The number of aromatic nitrogens is 1. The van der Waals surface area contributed by atoms with Gasteiger partial charge in [-0.2, -0.15) is 0 Å². The van der Waals surface area contributed by atoms with Crippen molar-refractivity contribution in [2.24, 2.45) is 5.92 Å². The first-order chi connectivity index (χ1) is 12.0. The van der Waals surface area contributed by atoms with Gasteiger partial charge >= 0.3 is 5.97 Å². The van der Waals surface area contributed by atoms with Gasteiger partial charge in [0.25, 0.3) is 0 Å². The summed E-state index contributed by atoms with van der Waals surface area (Å²) in [6.45, 7) is 4.37. The van der Waals surface area contributed by atoms with Crippen LogP contribution >= 0.6 is 0 Å². The molecule has 3 nitrogen and oxygen atoms in total. The molecule has 0 saturated carbocycles. The summed E-state index contributed by atoms with van der Waals surface area (Å²) in [5.74, 6) is -0.439. The number of rotatable bonds is 4. The Balaban J connectivity index is 1.96. The van der Waals surface area contributed by atoms with E-state index in [-0.39, 0.29) is 5.56 Å². The third-order valence-electron chi connectivity index (χ3n) is 4.28. The predicted molar refractivity (Wildman–Crippen MR) is 101 cm³/mol. The molecule has 1 aromatic heterocycles. The van der Waals surface area contributed by atoms with E-state index < -0.39 is 5.97 Å². The van der Waals surface area contributed by atoms with Crippen molar-refractivity contribution in [1.29, 1.82) is 0 Å². The molecule has 1 aliphatic carbocycles. The topological polar surface area (TPSA) is 50.2 Å². The maximum atomic E-state index is 11.2. The van der Waals surface area contributed by atoms with Gasteiger partial charge in [-0.3, -0.25) is 0 Å². The molecule has 0 radical (unpaired) electrons. The summed E-state index contributed by atoms with van der Waals surface area (Å²) in [6, 6.07) is 12.8. The average Bonchev–Trinajstić information content (AvgIpc) is 2.88. The zero-order valence-corrected chi connectivity index (χ0v) is 14.4. The summed E-state index contributed by atoms with van der Waals surface area (Å²) >= 11 is 0. The molecule has 1 aromatic carbocycles. The maximum Gasteiger partial charge on any atom is 0.335 e. The van der Waals surface area contributed by atoms with Crippen molar-refractivity contribution in [2.75, 3.05) is 0 Å². The van der Waals surface area contributed by atoms with E-state index in [1.807, 2.05) is 24.3 Å². The van der Waals surface area contributed by atoms with E-state index in [1.54, 1.807) is 18.2 Å². The van der Waals surface area contributed by atoms with Crippen molar-refractivity contribution in [3.05, 3.63) is 83.6 Å². The second kappa shape index (κ2) is 7.31. The fourth-order valence-electron chi connectivity index (χ4n) is 2.80. The third kappa shape index (κ3) is 3.94. The molecule has 0 aliphatic heterocycles. The Bertz CT molecular complexity index is 888. The molecule has 3 heteroatoms. The number of allylic oxidation sites excluding steroid dienone is 6. The Morgan fingerprint density at radius 2 is 1.84 bits per heavy atom. The number of pyridine rings is 1. The highest BCUT2D eigenvalue weighted by Gasteiger charge is 2.09. The van der Waals surface area contributed by atoms with Crippen LogP contribution in [-0.2, 0) is 0 Å². The van der Waals surface area contributed by atoms with Crippen molar-refractivity contribution in [3.63, 3.8) is 0 Å². The van der Waals surface area contributed by atoms with E-state index >= 15 is 0 Å². The van der Waals surface area contributed by atoms with E-state index in [0.717, 1.165) is 28.9 Å². The molecule has 0 fully saturated rings.